The Morgan fingerprint density at radius 1 is 1.28 bits per heavy atom. The highest BCUT2D eigenvalue weighted by molar-refractivity contribution is 5.75. The monoisotopic (exact) mass is 253 g/mol. The van der Waals surface area contributed by atoms with E-state index in [2.05, 4.69) is 0 Å². The summed E-state index contributed by atoms with van der Waals surface area (Å²) in [7, 11) is 3.13. The Morgan fingerprint density at radius 3 is 2.50 bits per heavy atom. The average molecular weight is 253 g/mol. The molecule has 0 saturated heterocycles. The third kappa shape index (κ3) is 3.63. The van der Waals surface area contributed by atoms with Gasteiger partial charge in [0.15, 0.2) is 11.5 Å². The third-order valence-electron chi connectivity index (χ3n) is 2.49. The van der Waals surface area contributed by atoms with E-state index in [9.17, 15) is 4.79 Å². The van der Waals surface area contributed by atoms with Gasteiger partial charge in [-0.1, -0.05) is 6.07 Å². The first-order valence-corrected chi connectivity index (χ1v) is 5.75. The summed E-state index contributed by atoms with van der Waals surface area (Å²) in [6.07, 6.45) is 0.402. The first kappa shape index (κ1) is 14.3. The van der Waals surface area contributed by atoms with Crippen LogP contribution in [0.5, 0.6) is 11.5 Å². The van der Waals surface area contributed by atoms with Crippen LogP contribution in [0.3, 0.4) is 0 Å². The summed E-state index contributed by atoms with van der Waals surface area (Å²) < 4.78 is 15.2. The Labute approximate surface area is 107 Å². The zero-order chi connectivity index (χ0) is 13.5. The van der Waals surface area contributed by atoms with Crippen LogP contribution >= 0.6 is 0 Å². The molecule has 5 heteroatoms. The summed E-state index contributed by atoms with van der Waals surface area (Å²) in [5, 5.41) is 0. The number of hydrogen-bond acceptors (Lipinski definition) is 5. The summed E-state index contributed by atoms with van der Waals surface area (Å²) in [5.74, 6) is 0.865. The lowest BCUT2D eigenvalue weighted by molar-refractivity contribution is -0.144. The van der Waals surface area contributed by atoms with Gasteiger partial charge in [0.05, 0.1) is 20.8 Å². The third-order valence-corrected chi connectivity index (χ3v) is 2.49. The number of esters is 1. The van der Waals surface area contributed by atoms with Gasteiger partial charge >= 0.3 is 5.97 Å². The number of hydrogen-bond donors (Lipinski definition) is 1. The molecule has 0 heterocycles. The van der Waals surface area contributed by atoms with E-state index >= 15 is 0 Å². The summed E-state index contributed by atoms with van der Waals surface area (Å²) in [5.41, 5.74) is 6.65. The lowest BCUT2D eigenvalue weighted by Gasteiger charge is -2.13. The van der Waals surface area contributed by atoms with Crippen molar-refractivity contribution in [2.45, 2.75) is 19.4 Å². The fraction of sp³-hybridized carbons (Fsp3) is 0.462. The van der Waals surface area contributed by atoms with E-state index in [0.29, 0.717) is 24.5 Å². The highest BCUT2D eigenvalue weighted by Crippen LogP contribution is 2.27. The first-order valence-electron chi connectivity index (χ1n) is 5.75. The molecule has 100 valence electrons. The molecular weight excluding hydrogens is 234 g/mol. The minimum atomic E-state index is -0.664. The molecule has 18 heavy (non-hydrogen) atoms. The lowest BCUT2D eigenvalue weighted by atomic mass is 10.1. The van der Waals surface area contributed by atoms with Crippen molar-refractivity contribution in [2.75, 3.05) is 20.8 Å². The maximum absolute atomic E-state index is 11.4. The molecule has 0 amide bonds. The predicted molar refractivity (Wildman–Crippen MR) is 67.9 cm³/mol. The van der Waals surface area contributed by atoms with Crippen molar-refractivity contribution in [3.8, 4) is 11.5 Å². The molecule has 0 aliphatic rings. The topological polar surface area (TPSA) is 70.8 Å². The van der Waals surface area contributed by atoms with Crippen LogP contribution in [0.15, 0.2) is 18.2 Å². The van der Waals surface area contributed by atoms with Crippen LogP contribution in [0, 0.1) is 0 Å². The molecule has 0 fully saturated rings. The van der Waals surface area contributed by atoms with Crippen molar-refractivity contribution >= 4 is 5.97 Å². The maximum atomic E-state index is 11.4. The molecule has 0 bridgehead atoms. The van der Waals surface area contributed by atoms with Crippen LogP contribution in [0.2, 0.25) is 0 Å². The molecule has 0 saturated carbocycles. The van der Waals surface area contributed by atoms with Gasteiger partial charge in [-0.15, -0.1) is 0 Å². The Bertz CT molecular complexity index is 406. The van der Waals surface area contributed by atoms with Crippen LogP contribution in [0.1, 0.15) is 12.5 Å². The van der Waals surface area contributed by atoms with Crippen LogP contribution in [-0.4, -0.2) is 32.8 Å². The van der Waals surface area contributed by atoms with E-state index in [-0.39, 0.29) is 0 Å². The van der Waals surface area contributed by atoms with Crippen molar-refractivity contribution in [1.29, 1.82) is 0 Å². The number of ether oxygens (including phenoxy) is 3. The normalized spacial score (nSPS) is 11.8. The predicted octanol–water partition coefficient (Wildman–Crippen LogP) is 1.14. The van der Waals surface area contributed by atoms with Crippen molar-refractivity contribution in [3.05, 3.63) is 23.8 Å². The number of benzene rings is 1. The van der Waals surface area contributed by atoms with Crippen LogP contribution in [0.4, 0.5) is 0 Å². The fourth-order valence-electron chi connectivity index (χ4n) is 1.59. The summed E-state index contributed by atoms with van der Waals surface area (Å²) in [6.45, 7) is 2.08. The first-order chi connectivity index (χ1) is 8.62. The average Bonchev–Trinajstić information content (AvgIpc) is 2.38. The summed E-state index contributed by atoms with van der Waals surface area (Å²) in [6, 6.07) is 4.77. The van der Waals surface area contributed by atoms with E-state index < -0.39 is 12.0 Å². The molecule has 0 aliphatic heterocycles. The van der Waals surface area contributed by atoms with E-state index in [1.807, 2.05) is 6.07 Å². The van der Waals surface area contributed by atoms with Crippen molar-refractivity contribution in [1.82, 2.24) is 0 Å². The van der Waals surface area contributed by atoms with E-state index in [4.69, 9.17) is 19.9 Å². The van der Waals surface area contributed by atoms with E-state index in [0.717, 1.165) is 5.56 Å². The minimum absolute atomic E-state index is 0.332. The molecule has 2 N–H and O–H groups in total. The minimum Gasteiger partial charge on any atom is -0.493 e. The molecule has 0 aliphatic carbocycles. The van der Waals surface area contributed by atoms with Gasteiger partial charge in [0.25, 0.3) is 0 Å². The summed E-state index contributed by atoms with van der Waals surface area (Å²) >= 11 is 0. The van der Waals surface area contributed by atoms with Crippen LogP contribution in [-0.2, 0) is 16.0 Å². The zero-order valence-corrected chi connectivity index (χ0v) is 10.9. The van der Waals surface area contributed by atoms with E-state index in [1.54, 1.807) is 33.3 Å². The largest absolute Gasteiger partial charge is 0.493 e. The van der Waals surface area contributed by atoms with Gasteiger partial charge in [0.2, 0.25) is 0 Å². The van der Waals surface area contributed by atoms with Gasteiger partial charge in [0.1, 0.15) is 6.04 Å². The number of carbonyl (C=O) groups excluding carboxylic acids is 1. The smallest absolute Gasteiger partial charge is 0.323 e. The van der Waals surface area contributed by atoms with Crippen molar-refractivity contribution in [2.24, 2.45) is 5.73 Å². The molecule has 1 unspecified atom stereocenters. The quantitative estimate of drug-likeness (QED) is 0.770. The Kier molecular flexibility index (Phi) is 5.45. The molecule has 1 rings (SSSR count). The molecule has 1 atom stereocenters. The number of methoxy groups -OCH3 is 2. The maximum Gasteiger partial charge on any atom is 0.323 e. The molecular formula is C13H19NO4. The second-order valence-corrected chi connectivity index (χ2v) is 3.75. The molecule has 0 spiro atoms. The Morgan fingerprint density at radius 2 is 1.94 bits per heavy atom. The lowest BCUT2D eigenvalue weighted by Crippen LogP contribution is -2.34. The second kappa shape index (κ2) is 6.86. The van der Waals surface area contributed by atoms with Gasteiger partial charge in [-0.2, -0.15) is 0 Å². The molecule has 1 aromatic carbocycles. The standard InChI is InChI=1S/C13H19NO4/c1-4-18-13(15)10(14)7-9-5-6-11(16-2)12(8-9)17-3/h5-6,8,10H,4,7,14H2,1-3H3. The van der Waals surface area contributed by atoms with Crippen molar-refractivity contribution < 1.29 is 19.0 Å². The Hall–Kier alpha value is -1.75. The molecule has 5 nitrogen and oxygen atoms in total. The van der Waals surface area contributed by atoms with Crippen LogP contribution < -0.4 is 15.2 Å². The molecule has 1 aromatic rings. The van der Waals surface area contributed by atoms with Gasteiger partial charge < -0.3 is 19.9 Å². The van der Waals surface area contributed by atoms with Gasteiger partial charge in [-0.25, -0.2) is 0 Å². The SMILES string of the molecule is CCOC(=O)C(N)Cc1ccc(OC)c(OC)c1. The molecule has 0 radical (unpaired) electrons. The van der Waals surface area contributed by atoms with Gasteiger partial charge in [-0.05, 0) is 31.0 Å². The zero-order valence-electron chi connectivity index (χ0n) is 10.9. The second-order valence-electron chi connectivity index (χ2n) is 3.75. The van der Waals surface area contributed by atoms with Gasteiger partial charge in [-0.3, -0.25) is 4.79 Å². The highest BCUT2D eigenvalue weighted by Gasteiger charge is 2.16. The number of carbonyl (C=O) groups is 1. The Balaban J connectivity index is 2.76. The van der Waals surface area contributed by atoms with Crippen molar-refractivity contribution in [3.63, 3.8) is 0 Å². The molecule has 0 aromatic heterocycles. The van der Waals surface area contributed by atoms with E-state index in [1.165, 1.54) is 0 Å². The fourth-order valence-corrected chi connectivity index (χ4v) is 1.59. The van der Waals surface area contributed by atoms with Crippen LogP contribution in [0.25, 0.3) is 0 Å². The number of rotatable bonds is 6. The number of nitrogens with two attached hydrogens (primary N) is 1. The highest BCUT2D eigenvalue weighted by atomic mass is 16.5. The summed E-state index contributed by atoms with van der Waals surface area (Å²) in [4.78, 5) is 11.4. The van der Waals surface area contributed by atoms with Gasteiger partial charge in [0, 0.05) is 0 Å².